The Kier molecular flexibility index (Phi) is 4.95. The van der Waals surface area contributed by atoms with Crippen LogP contribution in [-0.4, -0.2) is 43.5 Å². The molecular weight excluding hydrogens is 320 g/mol. The zero-order valence-corrected chi connectivity index (χ0v) is 11.8. The number of carboxylic acids is 1. The van der Waals surface area contributed by atoms with Gasteiger partial charge in [0.15, 0.2) is 12.2 Å². The number of hydrogen-bond acceptors (Lipinski definition) is 6. The lowest BCUT2D eigenvalue weighted by atomic mass is 9.79. The predicted molar refractivity (Wildman–Crippen MR) is 68.2 cm³/mol. The highest BCUT2D eigenvalue weighted by molar-refractivity contribution is 6.62. The van der Waals surface area contributed by atoms with Crippen LogP contribution in [0.4, 0.5) is 13.2 Å². The standard InChI is InChI=1S/C13H12BF3O6/c1-7(13(15,16)17)21-12(20)10-9(11(18)19)22-14(23-10)8-5-3-2-4-6-8/h2-7,9-10H,1H3,(H,18,19)/p-1/t7?,9-,10-/m1/s1. The number of carboxylic acid groups (broad SMARTS) is 1. The Hall–Kier alpha value is -2.07. The lowest BCUT2D eigenvalue weighted by Gasteiger charge is -2.21. The molecule has 0 saturated carbocycles. The van der Waals surface area contributed by atoms with Gasteiger partial charge in [-0.05, 0) is 12.4 Å². The maximum atomic E-state index is 12.4. The van der Waals surface area contributed by atoms with Gasteiger partial charge in [0.1, 0.15) is 6.10 Å². The second-order valence-electron chi connectivity index (χ2n) is 4.80. The van der Waals surface area contributed by atoms with Crippen LogP contribution in [0.25, 0.3) is 0 Å². The largest absolute Gasteiger partial charge is 0.547 e. The molecule has 0 aromatic heterocycles. The van der Waals surface area contributed by atoms with E-state index in [1.165, 1.54) is 0 Å². The van der Waals surface area contributed by atoms with Crippen LogP contribution in [0.1, 0.15) is 6.92 Å². The number of carbonyl (C=O) groups is 2. The molecule has 0 aliphatic carbocycles. The molecule has 1 heterocycles. The van der Waals surface area contributed by atoms with Crippen LogP contribution in [0.15, 0.2) is 30.3 Å². The number of carbonyl (C=O) groups excluding carboxylic acids is 2. The van der Waals surface area contributed by atoms with E-state index in [1.54, 1.807) is 30.3 Å². The Morgan fingerprint density at radius 2 is 1.78 bits per heavy atom. The summed E-state index contributed by atoms with van der Waals surface area (Å²) < 4.78 is 51.6. The minimum absolute atomic E-state index is 0.401. The van der Waals surface area contributed by atoms with E-state index in [9.17, 15) is 27.9 Å². The third kappa shape index (κ3) is 4.02. The summed E-state index contributed by atoms with van der Waals surface area (Å²) in [6.07, 6.45) is -10.9. The van der Waals surface area contributed by atoms with Crippen LogP contribution < -0.4 is 10.6 Å². The first kappa shape index (κ1) is 17.3. The van der Waals surface area contributed by atoms with Gasteiger partial charge in [-0.1, -0.05) is 30.3 Å². The van der Waals surface area contributed by atoms with E-state index < -0.39 is 43.5 Å². The van der Waals surface area contributed by atoms with Gasteiger partial charge in [-0.15, -0.1) is 0 Å². The topological polar surface area (TPSA) is 84.9 Å². The molecule has 10 heteroatoms. The third-order valence-electron chi connectivity index (χ3n) is 3.11. The highest BCUT2D eigenvalue weighted by atomic mass is 19.4. The van der Waals surface area contributed by atoms with Gasteiger partial charge in [0.2, 0.25) is 0 Å². The fraction of sp³-hybridized carbons (Fsp3) is 0.385. The molecule has 1 fully saturated rings. The quantitative estimate of drug-likeness (QED) is 0.542. The van der Waals surface area contributed by atoms with Crippen molar-refractivity contribution in [3.63, 3.8) is 0 Å². The van der Waals surface area contributed by atoms with Crippen molar-refractivity contribution in [1.82, 2.24) is 0 Å². The number of aliphatic carboxylic acids is 1. The molecule has 1 aliphatic rings. The summed E-state index contributed by atoms with van der Waals surface area (Å²) in [4.78, 5) is 22.8. The van der Waals surface area contributed by atoms with E-state index >= 15 is 0 Å². The summed E-state index contributed by atoms with van der Waals surface area (Å²) in [5.41, 5.74) is 0.401. The van der Waals surface area contributed by atoms with Crippen LogP contribution in [-0.2, 0) is 23.6 Å². The van der Waals surface area contributed by atoms with Gasteiger partial charge in [0.05, 0.1) is 5.97 Å². The molecule has 1 aromatic rings. The monoisotopic (exact) mass is 331 g/mol. The van der Waals surface area contributed by atoms with Crippen molar-refractivity contribution in [2.75, 3.05) is 0 Å². The van der Waals surface area contributed by atoms with E-state index in [0.29, 0.717) is 12.4 Å². The van der Waals surface area contributed by atoms with E-state index in [0.717, 1.165) is 0 Å². The molecule has 6 nitrogen and oxygen atoms in total. The van der Waals surface area contributed by atoms with Crippen molar-refractivity contribution >= 4 is 24.5 Å². The fourth-order valence-electron chi connectivity index (χ4n) is 1.87. The number of halogens is 3. The molecule has 1 unspecified atom stereocenters. The summed E-state index contributed by atoms with van der Waals surface area (Å²) in [6.45, 7) is 0.621. The number of ether oxygens (including phenoxy) is 1. The lowest BCUT2D eigenvalue weighted by Crippen LogP contribution is -2.47. The van der Waals surface area contributed by atoms with Crippen molar-refractivity contribution in [3.05, 3.63) is 30.3 Å². The van der Waals surface area contributed by atoms with Gasteiger partial charge in [-0.25, -0.2) is 4.79 Å². The number of alkyl halides is 3. The maximum Gasteiger partial charge on any atom is 0.495 e. The Morgan fingerprint density at radius 1 is 1.22 bits per heavy atom. The SMILES string of the molecule is CC(OC(=O)[C@@H]1OB(c2ccccc2)O[C@H]1C(=O)[O-])C(F)(F)F. The molecule has 23 heavy (non-hydrogen) atoms. The summed E-state index contributed by atoms with van der Waals surface area (Å²) in [5, 5.41) is 11.0. The number of rotatable bonds is 4. The van der Waals surface area contributed by atoms with Crippen molar-refractivity contribution in [2.24, 2.45) is 0 Å². The maximum absolute atomic E-state index is 12.4. The highest BCUT2D eigenvalue weighted by Gasteiger charge is 2.48. The summed E-state index contributed by atoms with van der Waals surface area (Å²) in [5.74, 6) is -3.27. The molecule has 0 bridgehead atoms. The van der Waals surface area contributed by atoms with Crippen molar-refractivity contribution in [1.29, 1.82) is 0 Å². The van der Waals surface area contributed by atoms with E-state index in [4.69, 9.17) is 9.31 Å². The van der Waals surface area contributed by atoms with Gasteiger partial charge in [0.25, 0.3) is 0 Å². The van der Waals surface area contributed by atoms with Gasteiger partial charge < -0.3 is 23.9 Å². The van der Waals surface area contributed by atoms with Crippen LogP contribution in [0.5, 0.6) is 0 Å². The van der Waals surface area contributed by atoms with Crippen molar-refractivity contribution < 1.29 is 41.9 Å². The molecule has 0 N–H and O–H groups in total. The Labute approximate surface area is 129 Å². The number of esters is 1. The number of benzene rings is 1. The van der Waals surface area contributed by atoms with Gasteiger partial charge in [-0.3, -0.25) is 0 Å². The molecule has 3 atom stereocenters. The first-order valence-electron chi connectivity index (χ1n) is 6.54. The Balaban J connectivity index is 2.13. The first-order valence-corrected chi connectivity index (χ1v) is 6.54. The van der Waals surface area contributed by atoms with E-state index in [1.807, 2.05) is 0 Å². The smallest absolute Gasteiger partial charge is 0.495 e. The van der Waals surface area contributed by atoms with Crippen molar-refractivity contribution in [3.8, 4) is 0 Å². The molecule has 1 aliphatic heterocycles. The third-order valence-corrected chi connectivity index (χ3v) is 3.11. The van der Waals surface area contributed by atoms with Crippen LogP contribution in [0.2, 0.25) is 0 Å². The van der Waals surface area contributed by atoms with Gasteiger partial charge in [-0.2, -0.15) is 13.2 Å². The normalized spacial score (nSPS) is 22.7. The average molecular weight is 331 g/mol. The molecule has 1 saturated heterocycles. The predicted octanol–water partition coefficient (Wildman–Crippen LogP) is -0.590. The fourth-order valence-corrected chi connectivity index (χ4v) is 1.87. The lowest BCUT2D eigenvalue weighted by molar-refractivity contribution is -0.314. The second-order valence-corrected chi connectivity index (χ2v) is 4.80. The summed E-state index contributed by atoms with van der Waals surface area (Å²) in [7, 11) is -1.22. The van der Waals surface area contributed by atoms with E-state index in [-0.39, 0.29) is 0 Å². The molecule has 124 valence electrons. The first-order chi connectivity index (χ1) is 10.7. The summed E-state index contributed by atoms with van der Waals surface area (Å²) >= 11 is 0. The van der Waals surface area contributed by atoms with Crippen LogP contribution in [0, 0.1) is 0 Å². The van der Waals surface area contributed by atoms with Crippen LogP contribution >= 0.6 is 0 Å². The zero-order chi connectivity index (χ0) is 17.2. The summed E-state index contributed by atoms with van der Waals surface area (Å²) in [6, 6.07) is 8.01. The van der Waals surface area contributed by atoms with E-state index in [2.05, 4.69) is 4.74 Å². The van der Waals surface area contributed by atoms with Crippen molar-refractivity contribution in [2.45, 2.75) is 31.4 Å². The van der Waals surface area contributed by atoms with Gasteiger partial charge in [0, 0.05) is 0 Å². The Bertz CT molecular complexity index is 579. The molecule has 1 aromatic carbocycles. The minimum Gasteiger partial charge on any atom is -0.547 e. The molecule has 0 radical (unpaired) electrons. The Morgan fingerprint density at radius 3 is 2.30 bits per heavy atom. The highest BCUT2D eigenvalue weighted by Crippen LogP contribution is 2.25. The second kappa shape index (κ2) is 6.59. The molecular formula is C13H11BF3O6-. The molecule has 2 rings (SSSR count). The molecule has 0 amide bonds. The average Bonchev–Trinajstić information content (AvgIpc) is 2.92. The number of hydrogen-bond donors (Lipinski definition) is 0. The van der Waals surface area contributed by atoms with Crippen LogP contribution in [0.3, 0.4) is 0 Å². The minimum atomic E-state index is -4.77. The zero-order valence-electron chi connectivity index (χ0n) is 11.8. The van der Waals surface area contributed by atoms with Gasteiger partial charge >= 0.3 is 19.3 Å². The molecule has 0 spiro atoms.